The Bertz CT molecular complexity index is 703. The van der Waals surface area contributed by atoms with Crippen LogP contribution >= 0.6 is 15.9 Å². The Morgan fingerprint density at radius 2 is 1.94 bits per heavy atom. The molecule has 0 aliphatic rings. The summed E-state index contributed by atoms with van der Waals surface area (Å²) in [6, 6.07) is 15.0. The number of aromatic nitrogens is 1. The number of fused-ring (bicyclic) bond motifs is 1. The van der Waals surface area contributed by atoms with E-state index < -0.39 is 0 Å². The van der Waals surface area contributed by atoms with Crippen molar-refractivity contribution < 1.29 is 4.39 Å². The zero-order chi connectivity index (χ0) is 12.5. The summed E-state index contributed by atoms with van der Waals surface area (Å²) in [7, 11) is 0. The molecule has 18 heavy (non-hydrogen) atoms. The molecule has 0 unspecified atom stereocenters. The Balaban J connectivity index is 2.02. The Kier molecular flexibility index (Phi) is 2.92. The van der Waals surface area contributed by atoms with E-state index in [4.69, 9.17) is 0 Å². The quantitative estimate of drug-likeness (QED) is 0.652. The van der Waals surface area contributed by atoms with Crippen LogP contribution in [0.1, 0.15) is 5.56 Å². The van der Waals surface area contributed by atoms with Crippen molar-refractivity contribution in [3.05, 3.63) is 70.6 Å². The zero-order valence-electron chi connectivity index (χ0n) is 9.61. The van der Waals surface area contributed by atoms with Gasteiger partial charge in [-0.3, -0.25) is 0 Å². The fourth-order valence-corrected chi connectivity index (χ4v) is 2.57. The van der Waals surface area contributed by atoms with Gasteiger partial charge in [0.05, 0.1) is 5.52 Å². The highest BCUT2D eigenvalue weighted by Gasteiger charge is 2.03. The molecule has 0 amide bonds. The summed E-state index contributed by atoms with van der Waals surface area (Å²) >= 11 is 3.46. The molecule has 3 rings (SSSR count). The first kappa shape index (κ1) is 11.5. The largest absolute Gasteiger partial charge is 0.343 e. The third-order valence-corrected chi connectivity index (χ3v) is 3.47. The fraction of sp³-hybridized carbons (Fsp3) is 0.0667. The highest BCUT2D eigenvalue weighted by atomic mass is 79.9. The van der Waals surface area contributed by atoms with Crippen LogP contribution in [0.25, 0.3) is 10.9 Å². The monoisotopic (exact) mass is 303 g/mol. The molecule has 3 aromatic rings. The van der Waals surface area contributed by atoms with Crippen molar-refractivity contribution in [3.63, 3.8) is 0 Å². The zero-order valence-corrected chi connectivity index (χ0v) is 11.2. The lowest BCUT2D eigenvalue weighted by Gasteiger charge is -2.06. The van der Waals surface area contributed by atoms with Crippen LogP contribution in [0.2, 0.25) is 0 Å². The van der Waals surface area contributed by atoms with Crippen molar-refractivity contribution in [2.24, 2.45) is 0 Å². The van der Waals surface area contributed by atoms with Crippen LogP contribution < -0.4 is 0 Å². The molecule has 0 aliphatic carbocycles. The molecule has 0 aliphatic heterocycles. The van der Waals surface area contributed by atoms with Crippen molar-refractivity contribution in [3.8, 4) is 0 Å². The van der Waals surface area contributed by atoms with Gasteiger partial charge in [-0.25, -0.2) is 4.39 Å². The number of hydrogen-bond acceptors (Lipinski definition) is 0. The molecule has 0 N–H and O–H groups in total. The maximum Gasteiger partial charge on any atom is 0.125 e. The van der Waals surface area contributed by atoms with Gasteiger partial charge in [0.1, 0.15) is 5.82 Å². The van der Waals surface area contributed by atoms with E-state index in [2.05, 4.69) is 32.6 Å². The van der Waals surface area contributed by atoms with Crippen LogP contribution in [0.5, 0.6) is 0 Å². The minimum absolute atomic E-state index is 0.198. The normalized spacial score (nSPS) is 11.0. The molecule has 1 aromatic heterocycles. The van der Waals surface area contributed by atoms with Crippen LogP contribution in [0.3, 0.4) is 0 Å². The van der Waals surface area contributed by atoms with Crippen LogP contribution in [0.4, 0.5) is 4.39 Å². The highest BCUT2D eigenvalue weighted by Crippen LogP contribution is 2.19. The lowest BCUT2D eigenvalue weighted by Crippen LogP contribution is -1.97. The van der Waals surface area contributed by atoms with Gasteiger partial charge in [0.15, 0.2) is 0 Å². The van der Waals surface area contributed by atoms with Crippen molar-refractivity contribution in [2.45, 2.75) is 6.54 Å². The molecule has 0 saturated carbocycles. The van der Waals surface area contributed by atoms with Gasteiger partial charge < -0.3 is 4.57 Å². The third kappa shape index (κ3) is 2.18. The second-order valence-corrected chi connectivity index (χ2v) is 5.19. The fourth-order valence-electron chi connectivity index (χ4n) is 2.13. The van der Waals surface area contributed by atoms with E-state index >= 15 is 0 Å². The summed E-state index contributed by atoms with van der Waals surface area (Å²) < 4.78 is 16.4. The van der Waals surface area contributed by atoms with E-state index in [-0.39, 0.29) is 5.82 Å². The second-order valence-electron chi connectivity index (χ2n) is 4.28. The molecular formula is C15H11BrFN. The SMILES string of the molecule is Fc1ccc2ccn(Cc3cccc(Br)c3)c2c1. The maximum absolute atomic E-state index is 13.3. The Hall–Kier alpha value is -1.61. The van der Waals surface area contributed by atoms with Gasteiger partial charge in [0, 0.05) is 17.2 Å². The molecule has 0 atom stereocenters. The van der Waals surface area contributed by atoms with Gasteiger partial charge in [0.2, 0.25) is 0 Å². The topological polar surface area (TPSA) is 4.93 Å². The molecule has 3 heteroatoms. The molecule has 0 spiro atoms. The first-order valence-corrected chi connectivity index (χ1v) is 6.50. The van der Waals surface area contributed by atoms with Crippen molar-refractivity contribution in [1.29, 1.82) is 0 Å². The van der Waals surface area contributed by atoms with Crippen LogP contribution in [-0.4, -0.2) is 4.57 Å². The molecule has 0 saturated heterocycles. The first-order chi connectivity index (χ1) is 8.72. The van der Waals surface area contributed by atoms with Gasteiger partial charge in [-0.2, -0.15) is 0 Å². The van der Waals surface area contributed by atoms with Gasteiger partial charge >= 0.3 is 0 Å². The summed E-state index contributed by atoms with van der Waals surface area (Å²) in [4.78, 5) is 0. The highest BCUT2D eigenvalue weighted by molar-refractivity contribution is 9.10. The standard InChI is InChI=1S/C15H11BrFN/c16-13-3-1-2-11(8-13)10-18-7-6-12-4-5-14(17)9-15(12)18/h1-9H,10H2. The summed E-state index contributed by atoms with van der Waals surface area (Å²) in [6.45, 7) is 0.742. The predicted octanol–water partition coefficient (Wildman–Crippen LogP) is 4.59. The van der Waals surface area contributed by atoms with Gasteiger partial charge in [0.25, 0.3) is 0 Å². The maximum atomic E-state index is 13.3. The van der Waals surface area contributed by atoms with Crippen molar-refractivity contribution >= 4 is 26.8 Å². The average molecular weight is 304 g/mol. The summed E-state index contributed by atoms with van der Waals surface area (Å²) in [6.07, 6.45) is 1.99. The number of nitrogens with zero attached hydrogens (tertiary/aromatic N) is 1. The second kappa shape index (κ2) is 4.58. The predicted molar refractivity (Wildman–Crippen MR) is 75.1 cm³/mol. The molecular weight excluding hydrogens is 293 g/mol. The van der Waals surface area contributed by atoms with E-state index in [0.29, 0.717) is 0 Å². The van der Waals surface area contributed by atoms with E-state index in [1.165, 1.54) is 11.6 Å². The molecule has 1 nitrogen and oxygen atoms in total. The Morgan fingerprint density at radius 1 is 1.06 bits per heavy atom. The number of halogens is 2. The summed E-state index contributed by atoms with van der Waals surface area (Å²) in [5.74, 6) is -0.198. The number of hydrogen-bond donors (Lipinski definition) is 0. The Morgan fingerprint density at radius 3 is 2.78 bits per heavy atom. The van der Waals surface area contributed by atoms with E-state index in [1.807, 2.05) is 30.5 Å². The molecule has 0 fully saturated rings. The van der Waals surface area contributed by atoms with E-state index in [1.54, 1.807) is 6.07 Å². The van der Waals surface area contributed by atoms with Crippen LogP contribution in [-0.2, 0) is 6.54 Å². The lowest BCUT2D eigenvalue weighted by atomic mass is 10.2. The molecule has 0 bridgehead atoms. The molecule has 0 radical (unpaired) electrons. The van der Waals surface area contributed by atoms with Crippen molar-refractivity contribution in [2.75, 3.05) is 0 Å². The third-order valence-electron chi connectivity index (χ3n) is 2.98. The average Bonchev–Trinajstić information content (AvgIpc) is 2.72. The number of rotatable bonds is 2. The van der Waals surface area contributed by atoms with Crippen LogP contribution in [0, 0.1) is 5.82 Å². The number of benzene rings is 2. The van der Waals surface area contributed by atoms with E-state index in [0.717, 1.165) is 21.9 Å². The molecule has 2 aromatic carbocycles. The van der Waals surface area contributed by atoms with E-state index in [9.17, 15) is 4.39 Å². The molecule has 90 valence electrons. The molecule has 1 heterocycles. The lowest BCUT2D eigenvalue weighted by molar-refractivity contribution is 0.628. The summed E-state index contributed by atoms with van der Waals surface area (Å²) in [5, 5.41) is 1.06. The summed E-state index contributed by atoms with van der Waals surface area (Å²) in [5.41, 5.74) is 2.11. The first-order valence-electron chi connectivity index (χ1n) is 5.71. The Labute approximate surface area is 113 Å². The minimum Gasteiger partial charge on any atom is -0.343 e. The van der Waals surface area contributed by atoms with Gasteiger partial charge in [-0.05, 0) is 47.3 Å². The minimum atomic E-state index is -0.198. The van der Waals surface area contributed by atoms with Gasteiger partial charge in [-0.15, -0.1) is 0 Å². The smallest absolute Gasteiger partial charge is 0.125 e. The van der Waals surface area contributed by atoms with Crippen molar-refractivity contribution in [1.82, 2.24) is 4.57 Å². The van der Waals surface area contributed by atoms with Gasteiger partial charge in [-0.1, -0.05) is 28.1 Å². The van der Waals surface area contributed by atoms with Crippen LogP contribution in [0.15, 0.2) is 59.2 Å².